The molecule has 0 radical (unpaired) electrons. The summed E-state index contributed by atoms with van der Waals surface area (Å²) in [6.07, 6.45) is 5.79. The number of nitrogens with one attached hydrogen (secondary N) is 1. The molecule has 0 amide bonds. The van der Waals surface area contributed by atoms with Crippen molar-refractivity contribution in [2.75, 3.05) is 18.1 Å². The fraction of sp³-hybridized carbons (Fsp3) is 1.00. The maximum Gasteiger partial charge on any atom is 0.151 e. The third-order valence-electron chi connectivity index (χ3n) is 4.00. The van der Waals surface area contributed by atoms with Crippen LogP contribution in [0.2, 0.25) is 0 Å². The summed E-state index contributed by atoms with van der Waals surface area (Å²) in [5.74, 6) is 0.931. The van der Waals surface area contributed by atoms with E-state index in [0.29, 0.717) is 11.7 Å². The van der Waals surface area contributed by atoms with Crippen LogP contribution in [0.25, 0.3) is 0 Å². The molecule has 0 aromatic carbocycles. The molecule has 1 saturated carbocycles. The lowest BCUT2D eigenvalue weighted by Gasteiger charge is -2.30. The third-order valence-corrected chi connectivity index (χ3v) is 5.82. The van der Waals surface area contributed by atoms with Crippen LogP contribution in [0.4, 0.5) is 0 Å². The van der Waals surface area contributed by atoms with E-state index >= 15 is 0 Å². The molecule has 1 heterocycles. The topological polar surface area (TPSA) is 66.4 Å². The van der Waals surface area contributed by atoms with Crippen molar-refractivity contribution in [2.24, 2.45) is 5.92 Å². The van der Waals surface area contributed by atoms with Crippen molar-refractivity contribution in [2.45, 2.75) is 50.7 Å². The van der Waals surface area contributed by atoms with Crippen LogP contribution in [0.15, 0.2) is 0 Å². The predicted molar refractivity (Wildman–Crippen MR) is 67.6 cm³/mol. The molecular weight excluding hydrogens is 238 g/mol. The zero-order chi connectivity index (χ0) is 12.3. The molecule has 0 aromatic heterocycles. The second-order valence-electron chi connectivity index (χ2n) is 5.47. The highest BCUT2D eigenvalue weighted by molar-refractivity contribution is 7.91. The second kappa shape index (κ2) is 5.67. The van der Waals surface area contributed by atoms with Crippen molar-refractivity contribution in [3.05, 3.63) is 0 Å². The number of hydrogen-bond donors (Lipinski definition) is 2. The van der Waals surface area contributed by atoms with E-state index in [2.05, 4.69) is 5.32 Å². The minimum absolute atomic E-state index is 0.0999. The Labute approximate surface area is 104 Å². The maximum atomic E-state index is 11.5. The van der Waals surface area contributed by atoms with Crippen molar-refractivity contribution in [3.63, 3.8) is 0 Å². The molecule has 2 fully saturated rings. The molecule has 0 spiro atoms. The van der Waals surface area contributed by atoms with Gasteiger partial charge in [0.1, 0.15) is 0 Å². The summed E-state index contributed by atoms with van der Waals surface area (Å²) >= 11 is 0. The lowest BCUT2D eigenvalue weighted by Crippen LogP contribution is -2.44. The van der Waals surface area contributed by atoms with Gasteiger partial charge in [-0.1, -0.05) is 12.8 Å². The Balaban J connectivity index is 1.77. The summed E-state index contributed by atoms with van der Waals surface area (Å²) in [5, 5.41) is 13.2. The minimum Gasteiger partial charge on any atom is -0.393 e. The van der Waals surface area contributed by atoms with Crippen LogP contribution in [0.3, 0.4) is 0 Å². The van der Waals surface area contributed by atoms with Gasteiger partial charge in [-0.3, -0.25) is 0 Å². The predicted octanol–water partition coefficient (Wildman–Crippen LogP) is 0.704. The van der Waals surface area contributed by atoms with E-state index in [-0.39, 0.29) is 17.9 Å². The first kappa shape index (κ1) is 13.3. The number of hydrogen-bond acceptors (Lipinski definition) is 4. The molecule has 1 saturated heterocycles. The molecule has 1 aliphatic heterocycles. The van der Waals surface area contributed by atoms with Crippen LogP contribution in [-0.4, -0.2) is 43.7 Å². The van der Waals surface area contributed by atoms with E-state index in [9.17, 15) is 13.5 Å². The molecule has 17 heavy (non-hydrogen) atoms. The highest BCUT2D eigenvalue weighted by Crippen LogP contribution is 2.24. The van der Waals surface area contributed by atoms with Gasteiger partial charge in [0.2, 0.25) is 0 Å². The summed E-state index contributed by atoms with van der Waals surface area (Å²) < 4.78 is 23.0. The van der Waals surface area contributed by atoms with Crippen LogP contribution in [-0.2, 0) is 9.84 Å². The van der Waals surface area contributed by atoms with E-state index in [1.807, 2.05) is 0 Å². The Morgan fingerprint density at radius 2 is 1.88 bits per heavy atom. The van der Waals surface area contributed by atoms with Gasteiger partial charge in [0.25, 0.3) is 0 Å². The first-order chi connectivity index (χ1) is 8.07. The molecule has 2 N–H and O–H groups in total. The number of aliphatic hydroxyl groups is 1. The quantitative estimate of drug-likeness (QED) is 0.785. The Hall–Kier alpha value is -0.130. The van der Waals surface area contributed by atoms with Crippen molar-refractivity contribution in [3.8, 4) is 0 Å². The van der Waals surface area contributed by atoms with Gasteiger partial charge in [-0.25, -0.2) is 8.42 Å². The van der Waals surface area contributed by atoms with E-state index in [1.165, 1.54) is 6.42 Å². The smallest absolute Gasteiger partial charge is 0.151 e. The Morgan fingerprint density at radius 3 is 2.59 bits per heavy atom. The van der Waals surface area contributed by atoms with E-state index in [0.717, 1.165) is 38.6 Å². The molecule has 2 aliphatic rings. The third kappa shape index (κ3) is 3.93. The molecule has 3 unspecified atom stereocenters. The minimum atomic E-state index is -2.82. The SMILES string of the molecule is O=S1(=O)CCCC(NCC2CCCCC2O)C1. The van der Waals surface area contributed by atoms with Crippen molar-refractivity contribution in [1.82, 2.24) is 5.32 Å². The fourth-order valence-electron chi connectivity index (χ4n) is 2.93. The molecule has 100 valence electrons. The zero-order valence-corrected chi connectivity index (χ0v) is 11.1. The second-order valence-corrected chi connectivity index (χ2v) is 7.70. The number of rotatable bonds is 3. The van der Waals surface area contributed by atoms with Gasteiger partial charge in [0, 0.05) is 12.6 Å². The highest BCUT2D eigenvalue weighted by atomic mass is 32.2. The van der Waals surface area contributed by atoms with Gasteiger partial charge in [-0.05, 0) is 31.6 Å². The van der Waals surface area contributed by atoms with Crippen LogP contribution < -0.4 is 5.32 Å². The van der Waals surface area contributed by atoms with Crippen LogP contribution >= 0.6 is 0 Å². The first-order valence-corrected chi connectivity index (χ1v) is 8.51. The molecule has 4 nitrogen and oxygen atoms in total. The first-order valence-electron chi connectivity index (χ1n) is 6.69. The van der Waals surface area contributed by atoms with Crippen LogP contribution in [0, 0.1) is 5.92 Å². The van der Waals surface area contributed by atoms with E-state index < -0.39 is 9.84 Å². The standard InChI is InChI=1S/C12H23NO3S/c14-12-6-2-1-4-10(12)8-13-11-5-3-7-17(15,16)9-11/h10-14H,1-9H2. The average Bonchev–Trinajstić information content (AvgIpc) is 2.27. The normalized spacial score (nSPS) is 37.8. The molecule has 1 aliphatic carbocycles. The van der Waals surface area contributed by atoms with Crippen molar-refractivity contribution in [1.29, 1.82) is 0 Å². The Kier molecular flexibility index (Phi) is 4.44. The summed E-state index contributed by atoms with van der Waals surface area (Å²) in [6.45, 7) is 0.765. The molecule has 0 bridgehead atoms. The lowest BCUT2D eigenvalue weighted by molar-refractivity contribution is 0.0682. The van der Waals surface area contributed by atoms with Gasteiger partial charge in [-0.2, -0.15) is 0 Å². The van der Waals surface area contributed by atoms with Gasteiger partial charge in [0.15, 0.2) is 9.84 Å². The van der Waals surface area contributed by atoms with Gasteiger partial charge in [0.05, 0.1) is 17.6 Å². The molecule has 5 heteroatoms. The molecular formula is C12H23NO3S. The van der Waals surface area contributed by atoms with Crippen LogP contribution in [0.1, 0.15) is 38.5 Å². The van der Waals surface area contributed by atoms with Crippen LogP contribution in [0.5, 0.6) is 0 Å². The summed E-state index contributed by atoms with van der Waals surface area (Å²) in [5.41, 5.74) is 0. The van der Waals surface area contributed by atoms with Gasteiger partial charge in [-0.15, -0.1) is 0 Å². The summed E-state index contributed by atoms with van der Waals surface area (Å²) in [6, 6.07) is 0.0999. The lowest BCUT2D eigenvalue weighted by atomic mass is 9.86. The van der Waals surface area contributed by atoms with Gasteiger partial charge < -0.3 is 10.4 Å². The summed E-state index contributed by atoms with van der Waals surface area (Å²) in [7, 11) is -2.82. The van der Waals surface area contributed by atoms with E-state index in [1.54, 1.807) is 0 Å². The monoisotopic (exact) mass is 261 g/mol. The molecule has 3 atom stereocenters. The van der Waals surface area contributed by atoms with E-state index in [4.69, 9.17) is 0 Å². The number of sulfone groups is 1. The maximum absolute atomic E-state index is 11.5. The fourth-order valence-corrected chi connectivity index (χ4v) is 4.60. The Bertz CT molecular complexity index is 342. The zero-order valence-electron chi connectivity index (χ0n) is 10.3. The largest absolute Gasteiger partial charge is 0.393 e. The molecule has 0 aromatic rings. The highest BCUT2D eigenvalue weighted by Gasteiger charge is 2.27. The summed E-state index contributed by atoms with van der Waals surface area (Å²) in [4.78, 5) is 0. The number of aliphatic hydroxyl groups excluding tert-OH is 1. The molecule has 2 rings (SSSR count). The Morgan fingerprint density at radius 1 is 1.12 bits per heavy atom. The van der Waals surface area contributed by atoms with Crippen molar-refractivity contribution < 1.29 is 13.5 Å². The average molecular weight is 261 g/mol. The van der Waals surface area contributed by atoms with Crippen molar-refractivity contribution >= 4 is 9.84 Å². The van der Waals surface area contributed by atoms with Gasteiger partial charge >= 0.3 is 0 Å².